The second kappa shape index (κ2) is 8.61. The largest absolute Gasteiger partial charge is 0.488 e. The minimum absolute atomic E-state index is 0.469. The molecule has 0 saturated carbocycles. The molecule has 0 radical (unpaired) electrons. The van der Waals surface area contributed by atoms with E-state index in [1.807, 2.05) is 66.7 Å². The van der Waals surface area contributed by atoms with Crippen LogP contribution in [0.15, 0.2) is 71.2 Å². The Bertz CT molecular complexity index is 870. The SMILES string of the molecule is Clc1cccc(COc2ccc(CNc3ccccc3Cl)cc2Br)c1. The Morgan fingerprint density at radius 1 is 0.880 bits per heavy atom. The number of benzene rings is 3. The Kier molecular flexibility index (Phi) is 6.24. The van der Waals surface area contributed by atoms with Crippen LogP contribution in [0, 0.1) is 0 Å². The molecule has 0 aliphatic carbocycles. The van der Waals surface area contributed by atoms with E-state index >= 15 is 0 Å². The number of halogens is 3. The first-order chi connectivity index (χ1) is 12.1. The Morgan fingerprint density at radius 2 is 1.72 bits per heavy atom. The second-order valence-electron chi connectivity index (χ2n) is 5.52. The van der Waals surface area contributed by atoms with E-state index in [1.54, 1.807) is 0 Å². The van der Waals surface area contributed by atoms with E-state index < -0.39 is 0 Å². The van der Waals surface area contributed by atoms with E-state index in [0.29, 0.717) is 23.2 Å². The molecule has 0 aliphatic heterocycles. The van der Waals surface area contributed by atoms with Crippen LogP contribution in [0.3, 0.4) is 0 Å². The van der Waals surface area contributed by atoms with Gasteiger partial charge < -0.3 is 10.1 Å². The normalized spacial score (nSPS) is 10.5. The maximum absolute atomic E-state index is 6.16. The number of rotatable bonds is 6. The highest BCUT2D eigenvalue weighted by Gasteiger charge is 2.05. The third-order valence-corrected chi connectivity index (χ3v) is 4.82. The molecular formula is C20H16BrCl2NO. The summed E-state index contributed by atoms with van der Waals surface area (Å²) in [6.45, 7) is 1.15. The second-order valence-corrected chi connectivity index (χ2v) is 7.21. The molecule has 0 heterocycles. The van der Waals surface area contributed by atoms with Gasteiger partial charge in [0.2, 0.25) is 0 Å². The van der Waals surface area contributed by atoms with E-state index in [1.165, 1.54) is 0 Å². The predicted octanol–water partition coefficient (Wildman–Crippen LogP) is 6.95. The zero-order valence-corrected chi connectivity index (χ0v) is 16.4. The molecular weight excluding hydrogens is 421 g/mol. The van der Waals surface area contributed by atoms with Gasteiger partial charge in [-0.05, 0) is 63.5 Å². The van der Waals surface area contributed by atoms with Crippen LogP contribution in [0.5, 0.6) is 5.75 Å². The molecule has 0 saturated heterocycles. The van der Waals surface area contributed by atoms with Gasteiger partial charge in [-0.1, -0.05) is 53.5 Å². The van der Waals surface area contributed by atoms with Crippen LogP contribution in [-0.4, -0.2) is 0 Å². The van der Waals surface area contributed by atoms with Gasteiger partial charge in [0.25, 0.3) is 0 Å². The van der Waals surface area contributed by atoms with Crippen molar-refractivity contribution in [3.63, 3.8) is 0 Å². The first-order valence-electron chi connectivity index (χ1n) is 7.76. The number of ether oxygens (including phenoxy) is 1. The quantitative estimate of drug-likeness (QED) is 0.451. The average Bonchev–Trinajstić information content (AvgIpc) is 2.60. The van der Waals surface area contributed by atoms with Crippen molar-refractivity contribution in [1.29, 1.82) is 0 Å². The number of para-hydroxylation sites is 1. The number of nitrogens with one attached hydrogen (secondary N) is 1. The highest BCUT2D eigenvalue weighted by atomic mass is 79.9. The molecule has 128 valence electrons. The molecule has 0 fully saturated rings. The van der Waals surface area contributed by atoms with E-state index in [-0.39, 0.29) is 0 Å². The lowest BCUT2D eigenvalue weighted by molar-refractivity contribution is 0.304. The topological polar surface area (TPSA) is 21.3 Å². The van der Waals surface area contributed by atoms with Crippen molar-refractivity contribution < 1.29 is 4.74 Å². The van der Waals surface area contributed by atoms with Crippen LogP contribution in [0.2, 0.25) is 10.0 Å². The molecule has 0 spiro atoms. The average molecular weight is 437 g/mol. The van der Waals surface area contributed by atoms with Crippen LogP contribution < -0.4 is 10.1 Å². The lowest BCUT2D eigenvalue weighted by Gasteiger charge is -2.12. The lowest BCUT2D eigenvalue weighted by Crippen LogP contribution is -2.01. The first-order valence-corrected chi connectivity index (χ1v) is 9.31. The molecule has 0 unspecified atom stereocenters. The summed E-state index contributed by atoms with van der Waals surface area (Å²) in [5.41, 5.74) is 3.08. The molecule has 0 bridgehead atoms. The fourth-order valence-electron chi connectivity index (χ4n) is 2.36. The summed E-state index contributed by atoms with van der Waals surface area (Å²) in [5, 5.41) is 4.75. The molecule has 3 aromatic rings. The monoisotopic (exact) mass is 435 g/mol. The molecule has 0 atom stereocenters. The van der Waals surface area contributed by atoms with Crippen molar-refractivity contribution in [1.82, 2.24) is 0 Å². The summed E-state index contributed by atoms with van der Waals surface area (Å²) < 4.78 is 6.78. The summed E-state index contributed by atoms with van der Waals surface area (Å²) in [5.74, 6) is 0.793. The Balaban J connectivity index is 1.61. The van der Waals surface area contributed by atoms with Gasteiger partial charge >= 0.3 is 0 Å². The standard InChI is InChI=1S/C20H16BrCl2NO/c21-17-11-14(12-24-19-7-2-1-6-18(19)23)8-9-20(17)25-13-15-4-3-5-16(22)10-15/h1-11,24H,12-13H2. The number of anilines is 1. The number of hydrogen-bond donors (Lipinski definition) is 1. The van der Waals surface area contributed by atoms with Crippen molar-refractivity contribution in [3.8, 4) is 5.75 Å². The van der Waals surface area contributed by atoms with E-state index in [4.69, 9.17) is 27.9 Å². The molecule has 3 rings (SSSR count). The summed E-state index contributed by atoms with van der Waals surface area (Å²) in [7, 11) is 0. The highest BCUT2D eigenvalue weighted by molar-refractivity contribution is 9.10. The molecule has 0 aromatic heterocycles. The summed E-state index contributed by atoms with van der Waals surface area (Å²) in [4.78, 5) is 0. The fraction of sp³-hybridized carbons (Fsp3) is 0.100. The van der Waals surface area contributed by atoms with Gasteiger partial charge in [0.05, 0.1) is 15.2 Å². The highest BCUT2D eigenvalue weighted by Crippen LogP contribution is 2.28. The molecule has 25 heavy (non-hydrogen) atoms. The molecule has 5 heteroatoms. The lowest BCUT2D eigenvalue weighted by atomic mass is 10.2. The number of hydrogen-bond acceptors (Lipinski definition) is 2. The minimum atomic E-state index is 0.469. The summed E-state index contributed by atoms with van der Waals surface area (Å²) in [6, 6.07) is 21.4. The van der Waals surface area contributed by atoms with Gasteiger partial charge in [0.15, 0.2) is 0 Å². The van der Waals surface area contributed by atoms with Crippen LogP contribution >= 0.6 is 39.1 Å². The van der Waals surface area contributed by atoms with Gasteiger partial charge in [-0.15, -0.1) is 0 Å². The minimum Gasteiger partial charge on any atom is -0.488 e. The van der Waals surface area contributed by atoms with Gasteiger partial charge in [0, 0.05) is 11.6 Å². The van der Waals surface area contributed by atoms with Crippen LogP contribution in [0.1, 0.15) is 11.1 Å². The van der Waals surface area contributed by atoms with Crippen LogP contribution in [-0.2, 0) is 13.2 Å². The third-order valence-electron chi connectivity index (χ3n) is 3.64. The zero-order valence-electron chi connectivity index (χ0n) is 13.3. The molecule has 1 N–H and O–H groups in total. The first kappa shape index (κ1) is 18.1. The van der Waals surface area contributed by atoms with Crippen molar-refractivity contribution >= 4 is 44.8 Å². The maximum atomic E-state index is 6.16. The van der Waals surface area contributed by atoms with E-state index in [9.17, 15) is 0 Å². The summed E-state index contributed by atoms with van der Waals surface area (Å²) >= 11 is 15.7. The van der Waals surface area contributed by atoms with Crippen molar-refractivity contribution in [2.24, 2.45) is 0 Å². The molecule has 3 aromatic carbocycles. The van der Waals surface area contributed by atoms with Gasteiger partial charge in [0.1, 0.15) is 12.4 Å². The fourth-order valence-corrected chi connectivity index (χ4v) is 3.32. The van der Waals surface area contributed by atoms with Crippen molar-refractivity contribution in [2.45, 2.75) is 13.2 Å². The van der Waals surface area contributed by atoms with Crippen molar-refractivity contribution in [2.75, 3.05) is 5.32 Å². The Labute approximate surface area is 165 Å². The molecule has 2 nitrogen and oxygen atoms in total. The molecule has 0 aliphatic rings. The Hall–Kier alpha value is -1.68. The van der Waals surface area contributed by atoms with Gasteiger partial charge in [-0.3, -0.25) is 0 Å². The van der Waals surface area contributed by atoms with Crippen LogP contribution in [0.4, 0.5) is 5.69 Å². The predicted molar refractivity (Wildman–Crippen MR) is 109 cm³/mol. The smallest absolute Gasteiger partial charge is 0.134 e. The Morgan fingerprint density at radius 3 is 2.48 bits per heavy atom. The summed E-state index contributed by atoms with van der Waals surface area (Å²) in [6.07, 6.45) is 0. The van der Waals surface area contributed by atoms with Gasteiger partial charge in [-0.25, -0.2) is 0 Å². The van der Waals surface area contributed by atoms with Gasteiger partial charge in [-0.2, -0.15) is 0 Å². The zero-order chi connectivity index (χ0) is 17.6. The van der Waals surface area contributed by atoms with E-state index in [0.717, 1.165) is 27.0 Å². The van der Waals surface area contributed by atoms with Crippen molar-refractivity contribution in [3.05, 3.63) is 92.4 Å². The maximum Gasteiger partial charge on any atom is 0.134 e. The van der Waals surface area contributed by atoms with E-state index in [2.05, 4.69) is 21.2 Å². The van der Waals surface area contributed by atoms with Crippen LogP contribution in [0.25, 0.3) is 0 Å². The molecule has 0 amide bonds. The third kappa shape index (κ3) is 5.15.